The van der Waals surface area contributed by atoms with Crippen molar-refractivity contribution in [2.45, 2.75) is 58.3 Å². The van der Waals surface area contributed by atoms with Crippen molar-refractivity contribution in [3.63, 3.8) is 0 Å². The van der Waals surface area contributed by atoms with Crippen LogP contribution in [0.3, 0.4) is 0 Å². The molecular formula is C13H20O3. The third kappa shape index (κ3) is 1.72. The van der Waals surface area contributed by atoms with E-state index >= 15 is 0 Å². The number of ketones is 1. The highest BCUT2D eigenvalue weighted by atomic mass is 16.5. The Kier molecular flexibility index (Phi) is 2.52. The fourth-order valence-electron chi connectivity index (χ4n) is 3.08. The lowest BCUT2D eigenvalue weighted by Crippen LogP contribution is -2.43. The van der Waals surface area contributed by atoms with Gasteiger partial charge in [0.2, 0.25) is 0 Å². The summed E-state index contributed by atoms with van der Waals surface area (Å²) in [6, 6.07) is 0. The Morgan fingerprint density at radius 2 is 2.06 bits per heavy atom. The first-order valence-corrected chi connectivity index (χ1v) is 5.85. The SMILES string of the molecule is CC(O)C1C=C2C(C)(C)CC(=O)C[C@@]2(C)O1. The fraction of sp³-hybridized carbons (Fsp3) is 0.769. The Morgan fingerprint density at radius 1 is 1.44 bits per heavy atom. The van der Waals surface area contributed by atoms with Gasteiger partial charge in [-0.1, -0.05) is 19.9 Å². The van der Waals surface area contributed by atoms with Crippen molar-refractivity contribution in [3.05, 3.63) is 11.6 Å². The lowest BCUT2D eigenvalue weighted by atomic mass is 9.66. The maximum absolute atomic E-state index is 11.7. The lowest BCUT2D eigenvalue weighted by Gasteiger charge is -2.41. The highest BCUT2D eigenvalue weighted by Gasteiger charge is 2.50. The number of carbonyl (C=O) groups excluding carboxylic acids is 1. The van der Waals surface area contributed by atoms with Gasteiger partial charge in [0.25, 0.3) is 0 Å². The van der Waals surface area contributed by atoms with Gasteiger partial charge in [-0.3, -0.25) is 4.79 Å². The summed E-state index contributed by atoms with van der Waals surface area (Å²) in [6.45, 7) is 7.82. The van der Waals surface area contributed by atoms with Gasteiger partial charge in [-0.25, -0.2) is 0 Å². The zero-order chi connectivity index (χ0) is 12.1. The highest BCUT2D eigenvalue weighted by molar-refractivity contribution is 5.83. The molecule has 1 aliphatic heterocycles. The first-order chi connectivity index (χ1) is 7.24. The molecule has 1 N–H and O–H groups in total. The molecule has 1 aliphatic carbocycles. The van der Waals surface area contributed by atoms with Crippen LogP contribution in [0.1, 0.15) is 40.5 Å². The fourth-order valence-corrected chi connectivity index (χ4v) is 3.08. The molecule has 1 saturated carbocycles. The molecule has 2 rings (SSSR count). The topological polar surface area (TPSA) is 46.5 Å². The van der Waals surface area contributed by atoms with Crippen LogP contribution in [-0.2, 0) is 9.53 Å². The van der Waals surface area contributed by atoms with Crippen LogP contribution in [0.5, 0.6) is 0 Å². The number of Topliss-reactive ketones (excluding diaryl/α,β-unsaturated/α-hetero) is 1. The Hall–Kier alpha value is -0.670. The van der Waals surface area contributed by atoms with Gasteiger partial charge in [-0.2, -0.15) is 0 Å². The molecule has 0 bridgehead atoms. The second kappa shape index (κ2) is 3.41. The van der Waals surface area contributed by atoms with Crippen molar-refractivity contribution < 1.29 is 14.6 Å². The number of hydrogen-bond acceptors (Lipinski definition) is 3. The summed E-state index contributed by atoms with van der Waals surface area (Å²) in [4.78, 5) is 11.7. The third-order valence-corrected chi connectivity index (χ3v) is 3.68. The zero-order valence-corrected chi connectivity index (χ0v) is 10.4. The van der Waals surface area contributed by atoms with Crippen LogP contribution < -0.4 is 0 Å². The van der Waals surface area contributed by atoms with Crippen LogP contribution >= 0.6 is 0 Å². The molecule has 1 fully saturated rings. The minimum absolute atomic E-state index is 0.145. The van der Waals surface area contributed by atoms with Crippen molar-refractivity contribution in [1.29, 1.82) is 0 Å². The number of hydrogen-bond donors (Lipinski definition) is 1. The third-order valence-electron chi connectivity index (χ3n) is 3.68. The maximum atomic E-state index is 11.7. The van der Waals surface area contributed by atoms with Gasteiger partial charge < -0.3 is 9.84 Å². The van der Waals surface area contributed by atoms with Crippen molar-refractivity contribution in [1.82, 2.24) is 0 Å². The number of aliphatic hydroxyl groups is 1. The summed E-state index contributed by atoms with van der Waals surface area (Å²) in [5.41, 5.74) is 0.527. The molecule has 90 valence electrons. The molecule has 2 unspecified atom stereocenters. The molecule has 2 aliphatic rings. The van der Waals surface area contributed by atoms with E-state index in [1.807, 2.05) is 13.0 Å². The average Bonchev–Trinajstić information content (AvgIpc) is 2.41. The van der Waals surface area contributed by atoms with E-state index in [0.717, 1.165) is 0 Å². The summed E-state index contributed by atoms with van der Waals surface area (Å²) in [5.74, 6) is 0.246. The van der Waals surface area contributed by atoms with E-state index in [9.17, 15) is 9.90 Å². The smallest absolute Gasteiger partial charge is 0.136 e. The van der Waals surface area contributed by atoms with Crippen LogP contribution in [-0.4, -0.2) is 28.7 Å². The molecule has 0 saturated heterocycles. The number of carbonyl (C=O) groups is 1. The summed E-state index contributed by atoms with van der Waals surface area (Å²) in [6.07, 6.45) is 2.22. The number of ether oxygens (including phenoxy) is 1. The van der Waals surface area contributed by atoms with E-state index in [2.05, 4.69) is 13.8 Å². The quantitative estimate of drug-likeness (QED) is 0.691. The number of aliphatic hydroxyl groups excluding tert-OH is 1. The first kappa shape index (κ1) is 11.8. The van der Waals surface area contributed by atoms with Crippen LogP contribution in [0.4, 0.5) is 0 Å². The molecule has 0 aromatic carbocycles. The van der Waals surface area contributed by atoms with E-state index in [0.29, 0.717) is 12.8 Å². The summed E-state index contributed by atoms with van der Waals surface area (Å²) >= 11 is 0. The highest BCUT2D eigenvalue weighted by Crippen LogP contribution is 2.50. The van der Waals surface area contributed by atoms with Gasteiger partial charge in [-0.05, 0) is 24.8 Å². The van der Waals surface area contributed by atoms with E-state index in [4.69, 9.17) is 4.74 Å². The van der Waals surface area contributed by atoms with Gasteiger partial charge in [0, 0.05) is 12.8 Å². The van der Waals surface area contributed by atoms with Gasteiger partial charge in [0.05, 0.1) is 11.7 Å². The lowest BCUT2D eigenvalue weighted by molar-refractivity contribution is -0.133. The first-order valence-electron chi connectivity index (χ1n) is 5.85. The van der Waals surface area contributed by atoms with Crippen LogP contribution in [0, 0.1) is 5.41 Å². The molecule has 16 heavy (non-hydrogen) atoms. The van der Waals surface area contributed by atoms with E-state index in [1.165, 1.54) is 5.57 Å². The molecule has 3 nitrogen and oxygen atoms in total. The van der Waals surface area contributed by atoms with Gasteiger partial charge in [0.15, 0.2) is 0 Å². The molecule has 3 atom stereocenters. The predicted molar refractivity (Wildman–Crippen MR) is 61.1 cm³/mol. The van der Waals surface area contributed by atoms with Crippen molar-refractivity contribution in [2.24, 2.45) is 5.41 Å². The van der Waals surface area contributed by atoms with Crippen LogP contribution in [0.25, 0.3) is 0 Å². The molecule has 0 spiro atoms. The monoisotopic (exact) mass is 224 g/mol. The van der Waals surface area contributed by atoms with Gasteiger partial charge >= 0.3 is 0 Å². The summed E-state index contributed by atoms with van der Waals surface area (Å²) < 4.78 is 5.86. The van der Waals surface area contributed by atoms with Gasteiger partial charge in [0.1, 0.15) is 11.9 Å². The summed E-state index contributed by atoms with van der Waals surface area (Å²) in [5, 5.41) is 9.60. The summed E-state index contributed by atoms with van der Waals surface area (Å²) in [7, 11) is 0. The number of fused-ring (bicyclic) bond motifs is 1. The maximum Gasteiger partial charge on any atom is 0.136 e. The molecule has 0 radical (unpaired) electrons. The second-order valence-corrected chi connectivity index (χ2v) is 5.91. The second-order valence-electron chi connectivity index (χ2n) is 5.91. The Morgan fingerprint density at radius 3 is 2.62 bits per heavy atom. The molecular weight excluding hydrogens is 204 g/mol. The molecule has 3 heteroatoms. The van der Waals surface area contributed by atoms with Gasteiger partial charge in [-0.15, -0.1) is 0 Å². The number of rotatable bonds is 1. The van der Waals surface area contributed by atoms with Crippen molar-refractivity contribution in [3.8, 4) is 0 Å². The zero-order valence-electron chi connectivity index (χ0n) is 10.4. The average molecular weight is 224 g/mol. The van der Waals surface area contributed by atoms with Crippen molar-refractivity contribution >= 4 is 5.78 Å². The van der Waals surface area contributed by atoms with Crippen LogP contribution in [0.2, 0.25) is 0 Å². The Bertz CT molecular complexity index is 354. The molecule has 1 heterocycles. The largest absolute Gasteiger partial charge is 0.390 e. The normalized spacial score (nSPS) is 39.2. The van der Waals surface area contributed by atoms with Crippen molar-refractivity contribution in [2.75, 3.05) is 0 Å². The van der Waals surface area contributed by atoms with Crippen LogP contribution in [0.15, 0.2) is 11.6 Å². The molecule has 0 amide bonds. The molecule has 0 aromatic rings. The van der Waals surface area contributed by atoms with E-state index in [1.54, 1.807) is 6.92 Å². The van der Waals surface area contributed by atoms with E-state index in [-0.39, 0.29) is 17.3 Å². The Labute approximate surface area is 96.5 Å². The van der Waals surface area contributed by atoms with E-state index < -0.39 is 11.7 Å². The standard InChI is InChI=1S/C13H20O3/c1-8(14)10-5-11-12(2,3)6-9(15)7-13(11,4)16-10/h5,8,10,14H,6-7H2,1-4H3/t8?,10?,13-/m1/s1. The minimum Gasteiger partial charge on any atom is -0.390 e. The molecule has 0 aromatic heterocycles. The predicted octanol–water partition coefficient (Wildman–Crippen LogP) is 1.84. The Balaban J connectivity index is 2.38. The minimum atomic E-state index is -0.527.